The molecule has 156 valence electrons. The summed E-state index contributed by atoms with van der Waals surface area (Å²) in [6, 6.07) is 0.473. The Bertz CT molecular complexity index is 554. The number of nitrogens with zero attached hydrogens (tertiary/aromatic N) is 4. The van der Waals surface area contributed by atoms with Gasteiger partial charge in [0, 0.05) is 51.7 Å². The Kier molecular flexibility index (Phi) is 11.2. The Morgan fingerprint density at radius 3 is 2.52 bits per heavy atom. The lowest BCUT2D eigenvalue weighted by Gasteiger charge is -2.37. The molecule has 8 heteroatoms. The van der Waals surface area contributed by atoms with E-state index in [0.29, 0.717) is 24.4 Å². The lowest BCUT2D eigenvalue weighted by atomic mass is 10.0. The number of halogens is 1. The van der Waals surface area contributed by atoms with Crippen molar-refractivity contribution in [2.75, 3.05) is 39.9 Å². The molecule has 0 aliphatic carbocycles. The van der Waals surface area contributed by atoms with Crippen LogP contribution in [-0.2, 0) is 17.8 Å². The minimum Gasteiger partial charge on any atom is -0.379 e. The number of aliphatic imine (C=N–C) groups is 1. The molecule has 1 aliphatic rings. The molecule has 27 heavy (non-hydrogen) atoms. The van der Waals surface area contributed by atoms with Gasteiger partial charge < -0.3 is 19.9 Å². The Balaban J connectivity index is 0.00000364. The third-order valence-electron chi connectivity index (χ3n) is 4.76. The first kappa shape index (κ1) is 24.2. The van der Waals surface area contributed by atoms with E-state index in [1.54, 1.807) is 0 Å². The van der Waals surface area contributed by atoms with E-state index in [-0.39, 0.29) is 24.0 Å². The average molecular weight is 492 g/mol. The quantitative estimate of drug-likeness (QED) is 0.331. The summed E-state index contributed by atoms with van der Waals surface area (Å²) in [6.07, 6.45) is 3.91. The maximum Gasteiger partial charge on any atom is 0.191 e. The van der Waals surface area contributed by atoms with Crippen LogP contribution >= 0.6 is 24.0 Å². The van der Waals surface area contributed by atoms with Gasteiger partial charge in [-0.3, -0.25) is 9.89 Å². The summed E-state index contributed by atoms with van der Waals surface area (Å²) in [6.45, 7) is 15.2. The van der Waals surface area contributed by atoms with Gasteiger partial charge in [-0.15, -0.1) is 24.0 Å². The summed E-state index contributed by atoms with van der Waals surface area (Å²) in [5.74, 6) is 3.03. The molecule has 0 saturated carbocycles. The van der Waals surface area contributed by atoms with Crippen LogP contribution < -0.4 is 10.6 Å². The molecule has 1 fully saturated rings. The molecular formula is C19H37IN6O. The molecule has 1 atom stereocenters. The second-order valence-electron chi connectivity index (χ2n) is 7.66. The van der Waals surface area contributed by atoms with Crippen molar-refractivity contribution in [2.24, 2.45) is 16.8 Å². The van der Waals surface area contributed by atoms with Crippen LogP contribution in [0.3, 0.4) is 0 Å². The number of imidazole rings is 1. The van der Waals surface area contributed by atoms with Crippen LogP contribution in [0.15, 0.2) is 17.4 Å². The molecule has 0 aromatic carbocycles. The third kappa shape index (κ3) is 7.95. The van der Waals surface area contributed by atoms with Crippen molar-refractivity contribution in [3.8, 4) is 0 Å². The summed E-state index contributed by atoms with van der Waals surface area (Å²) < 4.78 is 7.69. The number of rotatable bonds is 8. The van der Waals surface area contributed by atoms with Gasteiger partial charge in [-0.25, -0.2) is 4.98 Å². The van der Waals surface area contributed by atoms with Crippen LogP contribution in [0.4, 0.5) is 0 Å². The smallest absolute Gasteiger partial charge is 0.191 e. The van der Waals surface area contributed by atoms with Gasteiger partial charge in [0.05, 0.1) is 19.8 Å². The molecule has 1 unspecified atom stereocenters. The maximum absolute atomic E-state index is 5.49. The van der Waals surface area contributed by atoms with Gasteiger partial charge >= 0.3 is 0 Å². The Morgan fingerprint density at radius 2 is 1.93 bits per heavy atom. The normalized spacial score (nSPS) is 17.1. The lowest BCUT2D eigenvalue weighted by Crippen LogP contribution is -2.52. The van der Waals surface area contributed by atoms with Crippen molar-refractivity contribution in [1.29, 1.82) is 0 Å². The van der Waals surface area contributed by atoms with Crippen molar-refractivity contribution < 1.29 is 4.74 Å². The van der Waals surface area contributed by atoms with E-state index in [2.05, 4.69) is 57.8 Å². The van der Waals surface area contributed by atoms with Gasteiger partial charge in [-0.05, 0) is 11.8 Å². The van der Waals surface area contributed by atoms with Gasteiger partial charge in [0.15, 0.2) is 5.96 Å². The molecule has 2 N–H and O–H groups in total. The molecule has 1 aromatic heterocycles. The first-order chi connectivity index (χ1) is 12.5. The monoisotopic (exact) mass is 492 g/mol. The highest BCUT2D eigenvalue weighted by molar-refractivity contribution is 14.0. The van der Waals surface area contributed by atoms with E-state index >= 15 is 0 Å². The van der Waals surface area contributed by atoms with Crippen LogP contribution in [0.5, 0.6) is 0 Å². The predicted molar refractivity (Wildman–Crippen MR) is 122 cm³/mol. The Hall–Kier alpha value is -0.870. The van der Waals surface area contributed by atoms with Crippen LogP contribution in [0.25, 0.3) is 0 Å². The number of guanidine groups is 1. The van der Waals surface area contributed by atoms with E-state index in [9.17, 15) is 0 Å². The molecule has 1 aliphatic heterocycles. The minimum absolute atomic E-state index is 0. The largest absolute Gasteiger partial charge is 0.379 e. The highest BCUT2D eigenvalue weighted by Gasteiger charge is 2.23. The predicted octanol–water partition coefficient (Wildman–Crippen LogP) is 2.18. The zero-order valence-corrected chi connectivity index (χ0v) is 19.8. The Labute approximate surface area is 181 Å². The average Bonchev–Trinajstić information content (AvgIpc) is 3.04. The van der Waals surface area contributed by atoms with E-state index in [4.69, 9.17) is 4.74 Å². The first-order valence-corrected chi connectivity index (χ1v) is 9.77. The maximum atomic E-state index is 5.49. The van der Waals surface area contributed by atoms with Crippen LogP contribution in [-0.4, -0.2) is 66.3 Å². The number of hydrogen-bond acceptors (Lipinski definition) is 4. The summed E-state index contributed by atoms with van der Waals surface area (Å²) in [7, 11) is 1.81. The zero-order valence-electron chi connectivity index (χ0n) is 17.4. The van der Waals surface area contributed by atoms with Crippen molar-refractivity contribution >= 4 is 29.9 Å². The molecule has 0 spiro atoms. The van der Waals surface area contributed by atoms with E-state index < -0.39 is 0 Å². The standard InChI is InChI=1S/C19H36N6O.HI/c1-15(2)14-25-7-6-21-18(25)13-23-19(20-5)22-12-17(16(3)4)24-8-10-26-11-9-24;/h6-7,15-17H,8-14H2,1-5H3,(H2,20,22,23);1H. The van der Waals surface area contributed by atoms with E-state index in [0.717, 1.165) is 51.2 Å². The molecular weight excluding hydrogens is 455 g/mol. The SMILES string of the molecule is CN=C(NCc1nccn1CC(C)C)NCC(C(C)C)N1CCOCC1.I. The molecule has 1 saturated heterocycles. The highest BCUT2D eigenvalue weighted by atomic mass is 127. The number of nitrogens with one attached hydrogen (secondary N) is 2. The zero-order chi connectivity index (χ0) is 18.9. The summed E-state index contributed by atoms with van der Waals surface area (Å²) in [4.78, 5) is 11.4. The number of hydrogen-bond donors (Lipinski definition) is 2. The second-order valence-corrected chi connectivity index (χ2v) is 7.66. The van der Waals surface area contributed by atoms with Gasteiger partial charge in [-0.1, -0.05) is 27.7 Å². The molecule has 0 radical (unpaired) electrons. The van der Waals surface area contributed by atoms with E-state index in [1.165, 1.54) is 0 Å². The fraction of sp³-hybridized carbons (Fsp3) is 0.789. The lowest BCUT2D eigenvalue weighted by molar-refractivity contribution is 0.00752. The van der Waals surface area contributed by atoms with Crippen LogP contribution in [0.2, 0.25) is 0 Å². The van der Waals surface area contributed by atoms with Crippen LogP contribution in [0.1, 0.15) is 33.5 Å². The topological polar surface area (TPSA) is 66.7 Å². The number of morpholine rings is 1. The number of aromatic nitrogens is 2. The number of ether oxygens (including phenoxy) is 1. The molecule has 2 rings (SSSR count). The van der Waals surface area contributed by atoms with Crippen molar-refractivity contribution in [2.45, 2.75) is 46.8 Å². The summed E-state index contributed by atoms with van der Waals surface area (Å²) >= 11 is 0. The molecule has 7 nitrogen and oxygen atoms in total. The van der Waals surface area contributed by atoms with Gasteiger partial charge in [0.2, 0.25) is 0 Å². The summed E-state index contributed by atoms with van der Waals surface area (Å²) in [5.41, 5.74) is 0. The van der Waals surface area contributed by atoms with Gasteiger partial charge in [0.25, 0.3) is 0 Å². The van der Waals surface area contributed by atoms with Crippen LogP contribution in [0, 0.1) is 11.8 Å². The fourth-order valence-corrected chi connectivity index (χ4v) is 3.35. The Morgan fingerprint density at radius 1 is 1.22 bits per heavy atom. The molecule has 2 heterocycles. The fourth-order valence-electron chi connectivity index (χ4n) is 3.35. The first-order valence-electron chi connectivity index (χ1n) is 9.77. The van der Waals surface area contributed by atoms with Crippen molar-refractivity contribution in [1.82, 2.24) is 25.1 Å². The van der Waals surface area contributed by atoms with Gasteiger partial charge in [0.1, 0.15) is 5.82 Å². The summed E-state index contributed by atoms with van der Waals surface area (Å²) in [5, 5.41) is 6.89. The molecule has 1 aromatic rings. The third-order valence-corrected chi connectivity index (χ3v) is 4.76. The minimum atomic E-state index is 0. The van der Waals surface area contributed by atoms with Gasteiger partial charge in [-0.2, -0.15) is 0 Å². The van der Waals surface area contributed by atoms with Crippen molar-refractivity contribution in [3.63, 3.8) is 0 Å². The van der Waals surface area contributed by atoms with E-state index in [1.807, 2.05) is 19.4 Å². The highest BCUT2D eigenvalue weighted by Crippen LogP contribution is 2.12. The molecule has 0 bridgehead atoms. The van der Waals surface area contributed by atoms with Crippen molar-refractivity contribution in [3.05, 3.63) is 18.2 Å². The second kappa shape index (κ2) is 12.6. The molecule has 0 amide bonds.